The van der Waals surface area contributed by atoms with Gasteiger partial charge in [-0.25, -0.2) is 9.37 Å². The Labute approximate surface area is 145 Å². The minimum Gasteiger partial charge on any atom is -0.366 e. The van der Waals surface area contributed by atoms with E-state index in [1.54, 1.807) is 12.1 Å². The molecule has 0 bridgehead atoms. The quantitative estimate of drug-likeness (QED) is 0.843. The molecule has 0 aliphatic rings. The standard InChI is InChI=1S/C18H21FN4O2/c1-4-23(5-2)16-7-6-12(10-21-16)18(25)22-15-9-13(17(20)24)8-14(19)11(15)3/h6-10H,4-5H2,1-3H3,(H2,20,24)(H,22,25). The number of nitrogens with one attached hydrogen (secondary N) is 1. The van der Waals surface area contributed by atoms with E-state index in [0.29, 0.717) is 5.56 Å². The number of aromatic nitrogens is 1. The number of benzene rings is 1. The van der Waals surface area contributed by atoms with Gasteiger partial charge in [0.05, 0.1) is 5.56 Å². The van der Waals surface area contributed by atoms with Crippen LogP contribution in [0.2, 0.25) is 0 Å². The number of carbonyl (C=O) groups is 2. The van der Waals surface area contributed by atoms with Crippen LogP contribution in [0.1, 0.15) is 40.1 Å². The predicted octanol–water partition coefficient (Wildman–Crippen LogP) is 2.73. The summed E-state index contributed by atoms with van der Waals surface area (Å²) in [5, 5.41) is 2.60. The van der Waals surface area contributed by atoms with E-state index in [2.05, 4.69) is 15.2 Å². The van der Waals surface area contributed by atoms with Crippen LogP contribution in [0.3, 0.4) is 0 Å². The van der Waals surface area contributed by atoms with E-state index < -0.39 is 17.6 Å². The fourth-order valence-electron chi connectivity index (χ4n) is 2.40. The number of anilines is 2. The molecule has 2 aromatic rings. The van der Waals surface area contributed by atoms with E-state index in [9.17, 15) is 14.0 Å². The molecule has 2 rings (SSSR count). The van der Waals surface area contributed by atoms with Gasteiger partial charge in [-0.2, -0.15) is 0 Å². The van der Waals surface area contributed by atoms with Gasteiger partial charge in [0.1, 0.15) is 11.6 Å². The molecule has 0 unspecified atom stereocenters. The first kappa shape index (κ1) is 18.4. The predicted molar refractivity (Wildman–Crippen MR) is 95.4 cm³/mol. The van der Waals surface area contributed by atoms with Crippen LogP contribution in [-0.4, -0.2) is 29.9 Å². The lowest BCUT2D eigenvalue weighted by molar-refractivity contribution is 0.0995. The fraction of sp³-hybridized carbons (Fsp3) is 0.278. The molecule has 6 nitrogen and oxygen atoms in total. The van der Waals surface area contributed by atoms with Crippen LogP contribution in [-0.2, 0) is 0 Å². The lowest BCUT2D eigenvalue weighted by Crippen LogP contribution is -2.23. The molecule has 25 heavy (non-hydrogen) atoms. The summed E-state index contributed by atoms with van der Waals surface area (Å²) in [6, 6.07) is 5.82. The summed E-state index contributed by atoms with van der Waals surface area (Å²) in [4.78, 5) is 30.0. The number of carbonyl (C=O) groups excluding carboxylic acids is 2. The Bertz CT molecular complexity index is 786. The zero-order chi connectivity index (χ0) is 18.6. The molecule has 0 atom stereocenters. The maximum atomic E-state index is 13.9. The summed E-state index contributed by atoms with van der Waals surface area (Å²) in [7, 11) is 0. The Kier molecular flexibility index (Phi) is 5.69. The van der Waals surface area contributed by atoms with Crippen LogP contribution in [0.15, 0.2) is 30.5 Å². The Hall–Kier alpha value is -2.96. The van der Waals surface area contributed by atoms with Crippen molar-refractivity contribution in [2.45, 2.75) is 20.8 Å². The molecule has 0 saturated carbocycles. The number of amides is 2. The van der Waals surface area contributed by atoms with Crippen LogP contribution in [0.25, 0.3) is 0 Å². The summed E-state index contributed by atoms with van der Waals surface area (Å²) in [6.07, 6.45) is 1.46. The van der Waals surface area contributed by atoms with Crippen LogP contribution in [0.4, 0.5) is 15.9 Å². The lowest BCUT2D eigenvalue weighted by Gasteiger charge is -2.19. The van der Waals surface area contributed by atoms with Gasteiger partial charge in [-0.15, -0.1) is 0 Å². The van der Waals surface area contributed by atoms with Crippen LogP contribution in [0.5, 0.6) is 0 Å². The first-order chi connectivity index (χ1) is 11.9. The van der Waals surface area contributed by atoms with E-state index in [1.807, 2.05) is 13.8 Å². The molecular weight excluding hydrogens is 323 g/mol. The van der Waals surface area contributed by atoms with Crippen LogP contribution >= 0.6 is 0 Å². The van der Waals surface area contributed by atoms with Gasteiger partial charge in [0, 0.05) is 36.1 Å². The lowest BCUT2D eigenvalue weighted by atomic mass is 10.1. The number of pyridine rings is 1. The second-order valence-electron chi connectivity index (χ2n) is 5.53. The van der Waals surface area contributed by atoms with E-state index >= 15 is 0 Å². The third-order valence-corrected chi connectivity index (χ3v) is 3.97. The highest BCUT2D eigenvalue weighted by molar-refractivity contribution is 6.05. The normalized spacial score (nSPS) is 10.4. The zero-order valence-corrected chi connectivity index (χ0v) is 14.5. The number of hydrogen-bond acceptors (Lipinski definition) is 4. The topological polar surface area (TPSA) is 88.3 Å². The molecule has 0 radical (unpaired) electrons. The summed E-state index contributed by atoms with van der Waals surface area (Å²) >= 11 is 0. The fourth-order valence-corrected chi connectivity index (χ4v) is 2.40. The van der Waals surface area contributed by atoms with E-state index in [1.165, 1.54) is 19.2 Å². The highest BCUT2D eigenvalue weighted by Gasteiger charge is 2.14. The molecule has 2 amide bonds. The van der Waals surface area contributed by atoms with Crippen molar-refractivity contribution in [1.82, 2.24) is 4.98 Å². The molecule has 0 saturated heterocycles. The number of primary amides is 1. The van der Waals surface area contributed by atoms with Gasteiger partial charge in [0.25, 0.3) is 5.91 Å². The van der Waals surface area contributed by atoms with Crippen molar-refractivity contribution in [3.05, 3.63) is 53.0 Å². The minimum atomic E-state index is -0.764. The van der Waals surface area contributed by atoms with Crippen LogP contribution < -0.4 is 16.0 Å². The molecule has 7 heteroatoms. The summed E-state index contributed by atoms with van der Waals surface area (Å²) in [5.74, 6) is -1.04. The SMILES string of the molecule is CCN(CC)c1ccc(C(=O)Nc2cc(C(N)=O)cc(F)c2C)cn1. The molecule has 0 spiro atoms. The third-order valence-electron chi connectivity index (χ3n) is 3.97. The van der Waals surface area contributed by atoms with Crippen molar-refractivity contribution in [1.29, 1.82) is 0 Å². The highest BCUT2D eigenvalue weighted by atomic mass is 19.1. The van der Waals surface area contributed by atoms with Crippen molar-refractivity contribution in [3.8, 4) is 0 Å². The molecule has 132 valence electrons. The van der Waals surface area contributed by atoms with E-state index in [4.69, 9.17) is 5.73 Å². The van der Waals surface area contributed by atoms with Gasteiger partial charge in [-0.05, 0) is 45.0 Å². The van der Waals surface area contributed by atoms with Crippen molar-refractivity contribution in [2.24, 2.45) is 5.73 Å². The van der Waals surface area contributed by atoms with E-state index in [0.717, 1.165) is 25.0 Å². The molecule has 0 aliphatic carbocycles. The molecular formula is C18H21FN4O2. The van der Waals surface area contributed by atoms with E-state index in [-0.39, 0.29) is 16.8 Å². The Morgan fingerprint density at radius 3 is 2.40 bits per heavy atom. The minimum absolute atomic E-state index is 0.00611. The Morgan fingerprint density at radius 2 is 1.88 bits per heavy atom. The van der Waals surface area contributed by atoms with Crippen molar-refractivity contribution in [2.75, 3.05) is 23.3 Å². The van der Waals surface area contributed by atoms with Gasteiger partial charge in [-0.3, -0.25) is 9.59 Å². The molecule has 0 fully saturated rings. The molecule has 1 aromatic heterocycles. The van der Waals surface area contributed by atoms with Crippen molar-refractivity contribution < 1.29 is 14.0 Å². The first-order valence-corrected chi connectivity index (χ1v) is 7.99. The number of rotatable bonds is 6. The average Bonchev–Trinajstić information content (AvgIpc) is 2.60. The van der Waals surface area contributed by atoms with Crippen molar-refractivity contribution in [3.63, 3.8) is 0 Å². The second-order valence-corrected chi connectivity index (χ2v) is 5.53. The first-order valence-electron chi connectivity index (χ1n) is 7.99. The maximum absolute atomic E-state index is 13.9. The number of halogens is 1. The summed E-state index contributed by atoms with van der Waals surface area (Å²) < 4.78 is 13.9. The smallest absolute Gasteiger partial charge is 0.257 e. The number of nitrogens with zero attached hydrogens (tertiary/aromatic N) is 2. The van der Waals surface area contributed by atoms with Crippen LogP contribution in [0, 0.1) is 12.7 Å². The van der Waals surface area contributed by atoms with Gasteiger partial charge < -0.3 is 16.0 Å². The molecule has 0 aliphatic heterocycles. The molecule has 1 aromatic carbocycles. The Balaban J connectivity index is 2.24. The monoisotopic (exact) mass is 344 g/mol. The molecule has 1 heterocycles. The molecule has 3 N–H and O–H groups in total. The van der Waals surface area contributed by atoms with Gasteiger partial charge in [0.2, 0.25) is 5.91 Å². The van der Waals surface area contributed by atoms with Gasteiger partial charge >= 0.3 is 0 Å². The summed E-state index contributed by atoms with van der Waals surface area (Å²) in [5.41, 5.74) is 5.94. The van der Waals surface area contributed by atoms with Gasteiger partial charge in [-0.1, -0.05) is 0 Å². The van der Waals surface area contributed by atoms with Gasteiger partial charge in [0.15, 0.2) is 0 Å². The average molecular weight is 344 g/mol. The highest BCUT2D eigenvalue weighted by Crippen LogP contribution is 2.21. The number of hydrogen-bond donors (Lipinski definition) is 2. The summed E-state index contributed by atoms with van der Waals surface area (Å²) in [6.45, 7) is 7.18. The Morgan fingerprint density at radius 1 is 1.20 bits per heavy atom. The third kappa shape index (κ3) is 4.12. The second kappa shape index (κ2) is 7.74. The zero-order valence-electron chi connectivity index (χ0n) is 14.5. The number of nitrogens with two attached hydrogens (primary N) is 1. The van der Waals surface area contributed by atoms with Crippen molar-refractivity contribution >= 4 is 23.3 Å². The maximum Gasteiger partial charge on any atom is 0.257 e. The largest absolute Gasteiger partial charge is 0.366 e.